The van der Waals surface area contributed by atoms with Gasteiger partial charge in [-0.2, -0.15) is 0 Å². The lowest BCUT2D eigenvalue weighted by Crippen LogP contribution is -2.41. The maximum Gasteiger partial charge on any atom is 0.326 e. The number of nitrogens with zero attached hydrogens (tertiary/aromatic N) is 1. The number of carboxylic acids is 1. The van der Waals surface area contributed by atoms with Crippen molar-refractivity contribution in [3.05, 3.63) is 0 Å². The monoisotopic (exact) mass is 183 g/mol. The van der Waals surface area contributed by atoms with Crippen LogP contribution in [0.1, 0.15) is 19.8 Å². The summed E-state index contributed by atoms with van der Waals surface area (Å²) in [5, 5.41) is 8.72. The van der Waals surface area contributed by atoms with E-state index < -0.39 is 12.0 Å². The molecule has 4 heteroatoms. The molecule has 0 aromatic heterocycles. The molecule has 0 aliphatic heterocycles. The fourth-order valence-corrected chi connectivity index (χ4v) is 1.000. The van der Waals surface area contributed by atoms with Crippen LogP contribution in [-0.2, 0) is 9.59 Å². The molecule has 1 atom stereocenters. The fourth-order valence-electron chi connectivity index (χ4n) is 1.000. The molecule has 0 aromatic rings. The smallest absolute Gasteiger partial charge is 0.326 e. The molecule has 4 nitrogen and oxygen atoms in total. The molecular formula is C9H13NO3. The first-order chi connectivity index (χ1) is 6.04. The number of carboxylic acid groups (broad SMARTS) is 1. The highest BCUT2D eigenvalue weighted by atomic mass is 16.4. The molecule has 0 fully saturated rings. The number of hydrogen-bond donors (Lipinski definition) is 1. The highest BCUT2D eigenvalue weighted by molar-refractivity contribution is 5.84. The van der Waals surface area contributed by atoms with E-state index in [9.17, 15) is 9.59 Å². The second-order valence-corrected chi connectivity index (χ2v) is 2.65. The van der Waals surface area contributed by atoms with Gasteiger partial charge < -0.3 is 10.0 Å². The van der Waals surface area contributed by atoms with Crippen molar-refractivity contribution in [2.45, 2.75) is 25.8 Å². The molecule has 13 heavy (non-hydrogen) atoms. The van der Waals surface area contributed by atoms with Crippen LogP contribution in [0.4, 0.5) is 0 Å². The number of amides is 1. The number of carbonyl (C=O) groups is 2. The van der Waals surface area contributed by atoms with Gasteiger partial charge in [0.2, 0.25) is 5.91 Å². The predicted molar refractivity (Wildman–Crippen MR) is 47.9 cm³/mol. The Balaban J connectivity index is 4.38. The molecule has 72 valence electrons. The summed E-state index contributed by atoms with van der Waals surface area (Å²) in [5.41, 5.74) is 0. The normalized spacial score (nSPS) is 11.5. The first-order valence-corrected chi connectivity index (χ1v) is 3.96. The van der Waals surface area contributed by atoms with E-state index in [4.69, 9.17) is 11.5 Å². The second kappa shape index (κ2) is 5.20. The molecule has 0 rings (SSSR count). The van der Waals surface area contributed by atoms with Gasteiger partial charge in [-0.1, -0.05) is 12.8 Å². The Bertz CT molecular complexity index is 242. The van der Waals surface area contributed by atoms with E-state index in [1.807, 2.05) is 0 Å². The summed E-state index contributed by atoms with van der Waals surface area (Å²) >= 11 is 0. The van der Waals surface area contributed by atoms with Gasteiger partial charge in [-0.3, -0.25) is 4.79 Å². The Morgan fingerprint density at radius 3 is 2.46 bits per heavy atom. The summed E-state index contributed by atoms with van der Waals surface area (Å²) in [6.07, 6.45) is 5.26. The lowest BCUT2D eigenvalue weighted by molar-refractivity contribution is -0.148. The lowest BCUT2D eigenvalue weighted by atomic mass is 10.2. The molecule has 0 saturated carbocycles. The van der Waals surface area contributed by atoms with Crippen molar-refractivity contribution in [2.24, 2.45) is 0 Å². The molecule has 0 aliphatic rings. The summed E-state index contributed by atoms with van der Waals surface area (Å²) in [6.45, 7) is 1.71. The largest absolute Gasteiger partial charge is 0.480 e. The minimum atomic E-state index is -1.00. The number of hydrogen-bond acceptors (Lipinski definition) is 2. The molecule has 0 radical (unpaired) electrons. The van der Waals surface area contributed by atoms with Crippen LogP contribution < -0.4 is 0 Å². The van der Waals surface area contributed by atoms with Gasteiger partial charge in [-0.05, 0) is 6.42 Å². The van der Waals surface area contributed by atoms with E-state index in [0.717, 1.165) is 0 Å². The highest BCUT2D eigenvalue weighted by Gasteiger charge is 2.23. The summed E-state index contributed by atoms with van der Waals surface area (Å²) < 4.78 is 0. The van der Waals surface area contributed by atoms with Crippen LogP contribution in [0, 0.1) is 12.3 Å². The van der Waals surface area contributed by atoms with E-state index in [2.05, 4.69) is 5.92 Å². The van der Waals surface area contributed by atoms with Crippen molar-refractivity contribution in [1.82, 2.24) is 4.90 Å². The molecule has 0 spiro atoms. The Labute approximate surface area is 77.5 Å². The van der Waals surface area contributed by atoms with Gasteiger partial charge in [0, 0.05) is 7.05 Å². The van der Waals surface area contributed by atoms with Crippen molar-refractivity contribution in [2.75, 3.05) is 7.05 Å². The van der Waals surface area contributed by atoms with E-state index in [-0.39, 0.29) is 12.3 Å². The SMILES string of the molecule is C#CCC(=O)N(C)C(CC)C(=O)O. The number of rotatable bonds is 4. The zero-order chi connectivity index (χ0) is 10.4. The van der Waals surface area contributed by atoms with Crippen LogP contribution in [0.15, 0.2) is 0 Å². The van der Waals surface area contributed by atoms with Crippen molar-refractivity contribution in [1.29, 1.82) is 0 Å². The Morgan fingerprint density at radius 1 is 1.62 bits per heavy atom. The third-order valence-electron chi connectivity index (χ3n) is 1.79. The van der Waals surface area contributed by atoms with Crippen molar-refractivity contribution in [3.63, 3.8) is 0 Å². The van der Waals surface area contributed by atoms with Gasteiger partial charge in [0.25, 0.3) is 0 Å². The minimum absolute atomic E-state index is 0.0553. The van der Waals surface area contributed by atoms with Gasteiger partial charge in [0.1, 0.15) is 6.04 Å². The quantitative estimate of drug-likeness (QED) is 0.639. The third kappa shape index (κ3) is 3.16. The molecule has 1 N–H and O–H groups in total. The Hall–Kier alpha value is -1.50. The van der Waals surface area contributed by atoms with Gasteiger partial charge in [-0.25, -0.2) is 4.79 Å². The summed E-state index contributed by atoms with van der Waals surface area (Å²) in [4.78, 5) is 23.0. The molecule has 0 saturated heterocycles. The average Bonchev–Trinajstić information content (AvgIpc) is 2.05. The van der Waals surface area contributed by atoms with E-state index >= 15 is 0 Å². The average molecular weight is 183 g/mol. The standard InChI is InChI=1S/C9H13NO3/c1-4-6-8(11)10(3)7(5-2)9(12)13/h1,7H,5-6H2,2-3H3,(H,12,13). The third-order valence-corrected chi connectivity index (χ3v) is 1.79. The number of aliphatic carboxylic acids is 1. The first-order valence-electron chi connectivity index (χ1n) is 3.96. The maximum atomic E-state index is 11.2. The van der Waals surface area contributed by atoms with Crippen LogP contribution >= 0.6 is 0 Å². The van der Waals surface area contributed by atoms with Crippen molar-refractivity contribution < 1.29 is 14.7 Å². The molecule has 0 aliphatic carbocycles. The van der Waals surface area contributed by atoms with Crippen LogP contribution in [0.5, 0.6) is 0 Å². The van der Waals surface area contributed by atoms with Crippen LogP contribution in [0.25, 0.3) is 0 Å². The summed E-state index contributed by atoms with van der Waals surface area (Å²) in [6, 6.07) is -0.777. The van der Waals surface area contributed by atoms with Crippen molar-refractivity contribution in [3.8, 4) is 12.3 Å². The molecule has 0 bridgehead atoms. The highest BCUT2D eigenvalue weighted by Crippen LogP contribution is 2.03. The number of likely N-dealkylation sites (N-methyl/N-ethyl adjacent to an activating group) is 1. The van der Waals surface area contributed by atoms with E-state index in [1.165, 1.54) is 11.9 Å². The predicted octanol–water partition coefficient (Wildman–Crippen LogP) is 0.331. The molecule has 1 amide bonds. The topological polar surface area (TPSA) is 57.6 Å². The number of carbonyl (C=O) groups excluding carboxylic acids is 1. The Kier molecular flexibility index (Phi) is 4.60. The van der Waals surface area contributed by atoms with E-state index in [1.54, 1.807) is 6.92 Å². The Morgan fingerprint density at radius 2 is 2.15 bits per heavy atom. The van der Waals surface area contributed by atoms with Gasteiger partial charge in [0.05, 0.1) is 6.42 Å². The van der Waals surface area contributed by atoms with Gasteiger partial charge >= 0.3 is 5.97 Å². The maximum absolute atomic E-state index is 11.2. The zero-order valence-corrected chi connectivity index (χ0v) is 7.78. The summed E-state index contributed by atoms with van der Waals surface area (Å²) in [7, 11) is 1.45. The van der Waals surface area contributed by atoms with Crippen LogP contribution in [-0.4, -0.2) is 35.0 Å². The number of terminal acetylenes is 1. The molecule has 1 unspecified atom stereocenters. The van der Waals surface area contributed by atoms with Crippen LogP contribution in [0.3, 0.4) is 0 Å². The molecular weight excluding hydrogens is 170 g/mol. The van der Waals surface area contributed by atoms with E-state index in [0.29, 0.717) is 6.42 Å². The zero-order valence-electron chi connectivity index (χ0n) is 7.78. The summed E-state index contributed by atoms with van der Waals surface area (Å²) in [5.74, 6) is 0.841. The first kappa shape index (κ1) is 11.5. The fraction of sp³-hybridized carbons (Fsp3) is 0.556. The molecule has 0 aromatic carbocycles. The van der Waals surface area contributed by atoms with Gasteiger partial charge in [-0.15, -0.1) is 6.42 Å². The van der Waals surface area contributed by atoms with Gasteiger partial charge in [0.15, 0.2) is 0 Å². The van der Waals surface area contributed by atoms with Crippen molar-refractivity contribution >= 4 is 11.9 Å². The molecule has 0 heterocycles. The minimum Gasteiger partial charge on any atom is -0.480 e. The van der Waals surface area contributed by atoms with Crippen LogP contribution in [0.2, 0.25) is 0 Å². The lowest BCUT2D eigenvalue weighted by Gasteiger charge is -2.22. The second-order valence-electron chi connectivity index (χ2n) is 2.65.